The van der Waals surface area contributed by atoms with Gasteiger partial charge in [-0.3, -0.25) is 4.90 Å². The lowest BCUT2D eigenvalue weighted by Crippen LogP contribution is -2.58. The molecule has 22 heavy (non-hydrogen) atoms. The number of nitrogens with zero attached hydrogens (tertiary/aromatic N) is 1. The summed E-state index contributed by atoms with van der Waals surface area (Å²) in [5, 5.41) is 6.44. The second-order valence-electron chi connectivity index (χ2n) is 7.35. The van der Waals surface area contributed by atoms with E-state index in [-0.39, 0.29) is 6.03 Å². The molecular formula is C18H31N3O. The molecule has 4 heteroatoms. The molecule has 2 aliphatic heterocycles. The highest BCUT2D eigenvalue weighted by molar-refractivity contribution is 5.74. The van der Waals surface area contributed by atoms with Gasteiger partial charge in [0.15, 0.2) is 0 Å². The highest BCUT2D eigenvalue weighted by Crippen LogP contribution is 2.33. The maximum atomic E-state index is 12.3. The van der Waals surface area contributed by atoms with Crippen LogP contribution in [0.15, 0.2) is 12.7 Å². The quantitative estimate of drug-likeness (QED) is 0.784. The van der Waals surface area contributed by atoms with Gasteiger partial charge in [0.2, 0.25) is 0 Å². The Bertz CT molecular complexity index is 378. The van der Waals surface area contributed by atoms with E-state index < -0.39 is 0 Å². The maximum Gasteiger partial charge on any atom is 0.315 e. The Labute approximate surface area is 134 Å². The molecule has 2 amide bonds. The van der Waals surface area contributed by atoms with E-state index in [0.717, 1.165) is 32.2 Å². The normalized spacial score (nSPS) is 33.2. The third-order valence-corrected chi connectivity index (χ3v) is 5.74. The number of hydrogen-bond donors (Lipinski definition) is 2. The van der Waals surface area contributed by atoms with Gasteiger partial charge in [-0.1, -0.05) is 31.8 Å². The maximum absolute atomic E-state index is 12.3. The number of amides is 2. The van der Waals surface area contributed by atoms with Crippen LogP contribution in [0.25, 0.3) is 0 Å². The smallest absolute Gasteiger partial charge is 0.315 e. The number of piperidine rings is 2. The number of carbonyl (C=O) groups is 1. The van der Waals surface area contributed by atoms with Gasteiger partial charge in [-0.2, -0.15) is 0 Å². The lowest BCUT2D eigenvalue weighted by atomic mass is 9.82. The first-order valence-electron chi connectivity index (χ1n) is 9.20. The summed E-state index contributed by atoms with van der Waals surface area (Å²) in [6, 6.07) is 2.07. The van der Waals surface area contributed by atoms with Crippen LogP contribution in [0, 0.1) is 0 Å². The fraction of sp³-hybridized carbons (Fsp3) is 0.833. The van der Waals surface area contributed by atoms with Gasteiger partial charge < -0.3 is 10.6 Å². The zero-order chi connectivity index (χ0) is 15.4. The van der Waals surface area contributed by atoms with Crippen LogP contribution < -0.4 is 10.6 Å². The summed E-state index contributed by atoms with van der Waals surface area (Å²) < 4.78 is 0. The van der Waals surface area contributed by atoms with Crippen LogP contribution in [0.5, 0.6) is 0 Å². The average Bonchev–Trinajstić information content (AvgIpc) is 2.49. The largest absolute Gasteiger partial charge is 0.335 e. The van der Waals surface area contributed by atoms with Gasteiger partial charge in [0.1, 0.15) is 0 Å². The van der Waals surface area contributed by atoms with Crippen molar-refractivity contribution in [3.05, 3.63) is 12.7 Å². The second-order valence-corrected chi connectivity index (χ2v) is 7.35. The Kier molecular flexibility index (Phi) is 5.40. The Morgan fingerprint density at radius 2 is 1.59 bits per heavy atom. The Balaban J connectivity index is 1.49. The number of nitrogens with one attached hydrogen (secondary N) is 2. The van der Waals surface area contributed by atoms with Crippen molar-refractivity contribution in [3.63, 3.8) is 0 Å². The monoisotopic (exact) mass is 305 g/mol. The van der Waals surface area contributed by atoms with Crippen LogP contribution in [0.4, 0.5) is 4.79 Å². The second kappa shape index (κ2) is 7.49. The molecule has 3 rings (SSSR count). The molecule has 0 spiro atoms. The van der Waals surface area contributed by atoms with Gasteiger partial charge in [-0.25, -0.2) is 4.79 Å². The van der Waals surface area contributed by atoms with Gasteiger partial charge in [0.25, 0.3) is 0 Å². The first-order valence-corrected chi connectivity index (χ1v) is 9.20. The van der Waals surface area contributed by atoms with Crippen LogP contribution in [0.1, 0.15) is 64.2 Å². The molecule has 1 saturated carbocycles. The van der Waals surface area contributed by atoms with E-state index in [1.807, 2.05) is 6.08 Å². The summed E-state index contributed by atoms with van der Waals surface area (Å²) in [5.74, 6) is 0. The van der Waals surface area contributed by atoms with Crippen molar-refractivity contribution < 1.29 is 4.79 Å². The van der Waals surface area contributed by atoms with Crippen molar-refractivity contribution in [1.82, 2.24) is 15.5 Å². The average molecular weight is 305 g/mol. The van der Waals surface area contributed by atoms with Gasteiger partial charge in [0.05, 0.1) is 0 Å². The molecule has 0 aromatic carbocycles. The molecule has 2 bridgehead atoms. The van der Waals surface area contributed by atoms with E-state index in [1.165, 1.54) is 38.5 Å². The predicted molar refractivity (Wildman–Crippen MR) is 89.9 cm³/mol. The van der Waals surface area contributed by atoms with Crippen LogP contribution in [0.3, 0.4) is 0 Å². The molecule has 3 atom stereocenters. The van der Waals surface area contributed by atoms with E-state index in [0.29, 0.717) is 24.2 Å². The summed E-state index contributed by atoms with van der Waals surface area (Å²) in [6.45, 7) is 4.89. The van der Waals surface area contributed by atoms with Crippen LogP contribution >= 0.6 is 0 Å². The van der Waals surface area contributed by atoms with Gasteiger partial charge in [-0.05, 0) is 38.5 Å². The van der Waals surface area contributed by atoms with Crippen molar-refractivity contribution in [1.29, 1.82) is 0 Å². The summed E-state index contributed by atoms with van der Waals surface area (Å²) in [4.78, 5) is 14.9. The molecule has 124 valence electrons. The molecule has 2 heterocycles. The third kappa shape index (κ3) is 3.83. The van der Waals surface area contributed by atoms with Gasteiger partial charge >= 0.3 is 6.03 Å². The fourth-order valence-corrected chi connectivity index (χ4v) is 4.70. The van der Waals surface area contributed by atoms with Crippen LogP contribution in [-0.2, 0) is 0 Å². The molecule has 2 saturated heterocycles. The standard InChI is InChI=1S/C18H31N3O/c1-2-11-21-16-9-6-10-17(21)13-15(12-16)20-18(22)19-14-7-4-3-5-8-14/h2,14-17H,1,3-13H2,(H2,19,20,22)/t15?,16-,17+. The molecule has 0 radical (unpaired) electrons. The molecule has 4 nitrogen and oxygen atoms in total. The van der Waals surface area contributed by atoms with E-state index >= 15 is 0 Å². The molecular weight excluding hydrogens is 274 g/mol. The minimum atomic E-state index is 0.0622. The number of fused-ring (bicyclic) bond motifs is 2. The number of rotatable bonds is 4. The van der Waals surface area contributed by atoms with Crippen molar-refractivity contribution in [2.75, 3.05) is 6.54 Å². The Morgan fingerprint density at radius 1 is 0.955 bits per heavy atom. The number of urea groups is 1. The molecule has 1 aliphatic carbocycles. The number of carbonyl (C=O) groups excluding carboxylic acids is 1. The topological polar surface area (TPSA) is 44.4 Å². The first kappa shape index (κ1) is 15.9. The highest BCUT2D eigenvalue weighted by atomic mass is 16.2. The Morgan fingerprint density at radius 3 is 2.23 bits per heavy atom. The predicted octanol–water partition coefficient (Wildman–Crippen LogP) is 3.19. The molecule has 0 aromatic heterocycles. The molecule has 0 aromatic rings. The third-order valence-electron chi connectivity index (χ3n) is 5.74. The van der Waals surface area contributed by atoms with Crippen LogP contribution in [0.2, 0.25) is 0 Å². The highest BCUT2D eigenvalue weighted by Gasteiger charge is 2.38. The van der Waals surface area contributed by atoms with Crippen molar-refractivity contribution in [2.24, 2.45) is 0 Å². The first-order chi connectivity index (χ1) is 10.8. The molecule has 3 fully saturated rings. The summed E-state index contributed by atoms with van der Waals surface area (Å²) in [6.07, 6.45) is 14.2. The molecule has 1 unspecified atom stereocenters. The van der Waals surface area contributed by atoms with Crippen LogP contribution in [-0.4, -0.2) is 41.6 Å². The minimum Gasteiger partial charge on any atom is -0.335 e. The van der Waals surface area contributed by atoms with E-state index in [9.17, 15) is 4.79 Å². The van der Waals surface area contributed by atoms with Gasteiger partial charge in [-0.15, -0.1) is 6.58 Å². The minimum absolute atomic E-state index is 0.0622. The summed E-state index contributed by atoms with van der Waals surface area (Å²) >= 11 is 0. The zero-order valence-corrected chi connectivity index (χ0v) is 13.7. The van der Waals surface area contributed by atoms with E-state index in [2.05, 4.69) is 22.1 Å². The van der Waals surface area contributed by atoms with Crippen molar-refractivity contribution >= 4 is 6.03 Å². The lowest BCUT2D eigenvalue weighted by Gasteiger charge is -2.48. The van der Waals surface area contributed by atoms with E-state index in [1.54, 1.807) is 0 Å². The molecule has 2 N–H and O–H groups in total. The SMILES string of the molecule is C=CCN1[C@@H]2CCC[C@H]1CC(NC(=O)NC1CCCCC1)C2. The fourth-order valence-electron chi connectivity index (χ4n) is 4.70. The zero-order valence-electron chi connectivity index (χ0n) is 13.7. The lowest BCUT2D eigenvalue weighted by molar-refractivity contribution is 0.0370. The van der Waals surface area contributed by atoms with E-state index in [4.69, 9.17) is 0 Å². The van der Waals surface area contributed by atoms with Crippen molar-refractivity contribution in [2.45, 2.75) is 88.4 Å². The summed E-state index contributed by atoms with van der Waals surface area (Å²) in [5.41, 5.74) is 0. The Hall–Kier alpha value is -1.03. The number of hydrogen-bond acceptors (Lipinski definition) is 2. The van der Waals surface area contributed by atoms with Gasteiger partial charge in [0, 0.05) is 30.7 Å². The van der Waals surface area contributed by atoms with Crippen molar-refractivity contribution in [3.8, 4) is 0 Å². The summed E-state index contributed by atoms with van der Waals surface area (Å²) in [7, 11) is 0. The molecule has 3 aliphatic rings.